The largest absolute Gasteiger partial charge is 0.300 e. The van der Waals surface area contributed by atoms with Crippen LogP contribution in [0.1, 0.15) is 5.56 Å². The Balaban J connectivity index is 1.62. The number of hydrogen-bond donors (Lipinski definition) is 1. The molecule has 4 aromatic rings. The molecule has 0 atom stereocenters. The smallest absolute Gasteiger partial charge is 0.269 e. The first-order valence-electron chi connectivity index (χ1n) is 7.72. The van der Waals surface area contributed by atoms with Crippen LogP contribution in [-0.4, -0.2) is 20.4 Å². The molecule has 0 radical (unpaired) electrons. The number of fused-ring (bicyclic) bond motifs is 2. The molecule has 0 unspecified atom stereocenters. The Kier molecular flexibility index (Phi) is 3.77. The third-order valence-electron chi connectivity index (χ3n) is 3.84. The van der Waals surface area contributed by atoms with Gasteiger partial charge in [0.25, 0.3) is 5.56 Å². The molecule has 0 aliphatic carbocycles. The number of nitrogens with zero attached hydrogens (tertiary/aromatic N) is 3. The average Bonchev–Trinajstić information content (AvgIpc) is 2.98. The monoisotopic (exact) mass is 350 g/mol. The molecule has 0 aliphatic heterocycles. The SMILES string of the molecule is Cc1ccc2nc(NC(=O)Cn3c(=O)cnc4ccccc43)sc2c1. The highest BCUT2D eigenvalue weighted by atomic mass is 32.1. The second-order valence-corrected chi connectivity index (χ2v) is 6.74. The Labute approximate surface area is 146 Å². The lowest BCUT2D eigenvalue weighted by Gasteiger charge is -2.08. The van der Waals surface area contributed by atoms with Gasteiger partial charge in [-0.05, 0) is 36.8 Å². The van der Waals surface area contributed by atoms with Gasteiger partial charge in [0.15, 0.2) is 5.13 Å². The number of thiazole rings is 1. The zero-order valence-corrected chi connectivity index (χ0v) is 14.2. The minimum absolute atomic E-state index is 0.0865. The van der Waals surface area contributed by atoms with E-state index in [9.17, 15) is 9.59 Å². The fourth-order valence-corrected chi connectivity index (χ4v) is 3.65. The predicted molar refractivity (Wildman–Crippen MR) is 99.0 cm³/mol. The minimum atomic E-state index is -0.311. The van der Waals surface area contributed by atoms with Crippen molar-refractivity contribution in [2.75, 3.05) is 5.32 Å². The Hall–Kier alpha value is -3.06. The fraction of sp³-hybridized carbons (Fsp3) is 0.111. The fourth-order valence-electron chi connectivity index (χ4n) is 2.67. The van der Waals surface area contributed by atoms with E-state index in [4.69, 9.17) is 0 Å². The Bertz CT molecular complexity index is 1160. The van der Waals surface area contributed by atoms with E-state index >= 15 is 0 Å². The van der Waals surface area contributed by atoms with Crippen molar-refractivity contribution in [2.45, 2.75) is 13.5 Å². The Morgan fingerprint density at radius 3 is 2.92 bits per heavy atom. The van der Waals surface area contributed by atoms with Gasteiger partial charge >= 0.3 is 0 Å². The van der Waals surface area contributed by atoms with Crippen LogP contribution in [0.2, 0.25) is 0 Å². The van der Waals surface area contributed by atoms with Crippen molar-refractivity contribution in [3.05, 3.63) is 64.6 Å². The normalized spacial score (nSPS) is 11.1. The summed E-state index contributed by atoms with van der Waals surface area (Å²) in [6.07, 6.45) is 1.23. The van der Waals surface area contributed by atoms with Gasteiger partial charge < -0.3 is 5.32 Å². The first-order chi connectivity index (χ1) is 12.1. The number of amides is 1. The molecule has 2 aromatic heterocycles. The van der Waals surface area contributed by atoms with Crippen molar-refractivity contribution in [3.8, 4) is 0 Å². The van der Waals surface area contributed by atoms with E-state index in [0.29, 0.717) is 16.2 Å². The molecule has 0 bridgehead atoms. The summed E-state index contributed by atoms with van der Waals surface area (Å²) in [6.45, 7) is 1.93. The van der Waals surface area contributed by atoms with Gasteiger partial charge in [-0.25, -0.2) is 9.97 Å². The number of benzene rings is 2. The summed E-state index contributed by atoms with van der Waals surface area (Å²) in [5, 5.41) is 3.30. The second-order valence-electron chi connectivity index (χ2n) is 5.71. The lowest BCUT2D eigenvalue weighted by molar-refractivity contribution is -0.116. The minimum Gasteiger partial charge on any atom is -0.300 e. The summed E-state index contributed by atoms with van der Waals surface area (Å²) in [6, 6.07) is 13.2. The van der Waals surface area contributed by atoms with E-state index in [-0.39, 0.29) is 18.0 Å². The quantitative estimate of drug-likeness (QED) is 0.616. The number of nitrogens with one attached hydrogen (secondary N) is 1. The van der Waals surface area contributed by atoms with E-state index in [2.05, 4.69) is 15.3 Å². The molecule has 124 valence electrons. The lowest BCUT2D eigenvalue weighted by atomic mass is 10.2. The van der Waals surface area contributed by atoms with Crippen LogP contribution in [0.4, 0.5) is 5.13 Å². The molecule has 6 nitrogen and oxygen atoms in total. The van der Waals surface area contributed by atoms with Crippen molar-refractivity contribution in [2.24, 2.45) is 0 Å². The number of carbonyl (C=O) groups is 1. The summed E-state index contributed by atoms with van der Waals surface area (Å²) >= 11 is 1.42. The van der Waals surface area contributed by atoms with Crippen molar-refractivity contribution in [1.82, 2.24) is 14.5 Å². The zero-order valence-electron chi connectivity index (χ0n) is 13.4. The molecule has 0 fully saturated rings. The van der Waals surface area contributed by atoms with E-state index in [1.54, 1.807) is 12.1 Å². The van der Waals surface area contributed by atoms with Crippen molar-refractivity contribution < 1.29 is 4.79 Å². The van der Waals surface area contributed by atoms with E-state index in [1.807, 2.05) is 37.3 Å². The molecular formula is C18H14N4O2S. The maximum absolute atomic E-state index is 12.4. The van der Waals surface area contributed by atoms with Crippen LogP contribution >= 0.6 is 11.3 Å². The molecule has 1 amide bonds. The van der Waals surface area contributed by atoms with Crippen LogP contribution in [0.3, 0.4) is 0 Å². The first kappa shape index (κ1) is 15.5. The highest BCUT2D eigenvalue weighted by molar-refractivity contribution is 7.22. The van der Waals surface area contributed by atoms with Crippen molar-refractivity contribution in [3.63, 3.8) is 0 Å². The highest BCUT2D eigenvalue weighted by Crippen LogP contribution is 2.26. The molecule has 7 heteroatoms. The number of aryl methyl sites for hydroxylation is 1. The molecule has 25 heavy (non-hydrogen) atoms. The molecular weight excluding hydrogens is 336 g/mol. The molecule has 0 aliphatic rings. The first-order valence-corrected chi connectivity index (χ1v) is 8.53. The van der Waals surface area contributed by atoms with Gasteiger partial charge in [-0.3, -0.25) is 14.2 Å². The van der Waals surface area contributed by atoms with Gasteiger partial charge in [0, 0.05) is 0 Å². The van der Waals surface area contributed by atoms with Gasteiger partial charge in [-0.15, -0.1) is 0 Å². The van der Waals surface area contributed by atoms with Gasteiger partial charge in [0.1, 0.15) is 6.54 Å². The van der Waals surface area contributed by atoms with Crippen LogP contribution in [0.5, 0.6) is 0 Å². The Morgan fingerprint density at radius 1 is 1.20 bits per heavy atom. The van der Waals surface area contributed by atoms with Crippen molar-refractivity contribution >= 4 is 43.6 Å². The maximum atomic E-state index is 12.4. The number of carbonyl (C=O) groups excluding carboxylic acids is 1. The van der Waals surface area contributed by atoms with Crippen LogP contribution in [0, 0.1) is 6.92 Å². The molecule has 1 N–H and O–H groups in total. The summed E-state index contributed by atoms with van der Waals surface area (Å²) in [5.41, 5.74) is 2.98. The summed E-state index contributed by atoms with van der Waals surface area (Å²) < 4.78 is 2.43. The second kappa shape index (κ2) is 6.10. The number of rotatable bonds is 3. The van der Waals surface area contributed by atoms with Gasteiger partial charge in [0.2, 0.25) is 5.91 Å². The standard InChI is InChI=1S/C18H14N4O2S/c1-11-6-7-13-15(8-11)25-18(20-13)21-16(23)10-22-14-5-3-2-4-12(14)19-9-17(22)24/h2-9H,10H2,1H3,(H,20,21,23). The predicted octanol–water partition coefficient (Wildman–Crippen LogP) is 2.95. The van der Waals surface area contributed by atoms with Crippen LogP contribution in [0.15, 0.2) is 53.5 Å². The topological polar surface area (TPSA) is 76.9 Å². The Morgan fingerprint density at radius 2 is 2.04 bits per heavy atom. The molecule has 0 saturated carbocycles. The maximum Gasteiger partial charge on any atom is 0.269 e. The third-order valence-corrected chi connectivity index (χ3v) is 4.78. The molecule has 2 heterocycles. The number of anilines is 1. The van der Waals surface area contributed by atoms with Gasteiger partial charge in [-0.2, -0.15) is 0 Å². The number of aromatic nitrogens is 3. The van der Waals surface area contributed by atoms with Gasteiger partial charge in [-0.1, -0.05) is 29.5 Å². The van der Waals surface area contributed by atoms with E-state index in [1.165, 1.54) is 22.1 Å². The third kappa shape index (κ3) is 3.01. The molecule has 0 spiro atoms. The molecule has 4 rings (SSSR count). The van der Waals surface area contributed by atoms with Crippen molar-refractivity contribution in [1.29, 1.82) is 0 Å². The number of hydrogen-bond acceptors (Lipinski definition) is 5. The summed E-state index contributed by atoms with van der Waals surface area (Å²) in [4.78, 5) is 33.0. The zero-order chi connectivity index (χ0) is 17.4. The van der Waals surface area contributed by atoms with Crippen LogP contribution in [0.25, 0.3) is 21.3 Å². The van der Waals surface area contributed by atoms with E-state index < -0.39 is 0 Å². The average molecular weight is 350 g/mol. The van der Waals surface area contributed by atoms with Crippen LogP contribution in [-0.2, 0) is 11.3 Å². The lowest BCUT2D eigenvalue weighted by Crippen LogP contribution is -2.27. The van der Waals surface area contributed by atoms with Gasteiger partial charge in [0.05, 0.1) is 27.4 Å². The van der Waals surface area contributed by atoms with Crippen LogP contribution < -0.4 is 10.9 Å². The van der Waals surface area contributed by atoms with E-state index in [0.717, 1.165) is 15.8 Å². The molecule has 2 aromatic carbocycles. The molecule has 0 saturated heterocycles. The number of para-hydroxylation sites is 2. The summed E-state index contributed by atoms with van der Waals surface area (Å²) in [5.74, 6) is -0.297. The summed E-state index contributed by atoms with van der Waals surface area (Å²) in [7, 11) is 0. The highest BCUT2D eigenvalue weighted by Gasteiger charge is 2.11.